The minimum absolute atomic E-state index is 0.139. The number of aryl methyl sites for hydroxylation is 2. The van der Waals surface area contributed by atoms with E-state index in [2.05, 4.69) is 37.0 Å². The summed E-state index contributed by atoms with van der Waals surface area (Å²) in [6.07, 6.45) is 6.83. The summed E-state index contributed by atoms with van der Waals surface area (Å²) in [5.41, 5.74) is 4.49. The molecule has 0 spiro atoms. The van der Waals surface area contributed by atoms with Crippen molar-refractivity contribution in [3.63, 3.8) is 0 Å². The van der Waals surface area contributed by atoms with Crippen molar-refractivity contribution in [2.45, 2.75) is 97.1 Å². The monoisotopic (exact) mass is 523 g/mol. The maximum atomic E-state index is 16.0. The molecule has 1 aliphatic rings. The number of nitrogens with one attached hydrogen (secondary N) is 1. The molecule has 206 valence electrons. The Balaban J connectivity index is 2.07. The Morgan fingerprint density at radius 2 is 1.92 bits per heavy atom. The first kappa shape index (κ1) is 29.4. The third kappa shape index (κ3) is 8.44. The number of ether oxygens (including phenoxy) is 2. The van der Waals surface area contributed by atoms with Crippen molar-refractivity contribution >= 4 is 12.1 Å². The van der Waals surface area contributed by atoms with E-state index in [0.29, 0.717) is 5.56 Å². The predicted octanol–water partition coefficient (Wildman–Crippen LogP) is 8.10. The van der Waals surface area contributed by atoms with Gasteiger partial charge in [-0.25, -0.2) is 9.18 Å². The summed E-state index contributed by atoms with van der Waals surface area (Å²) in [7, 11) is 0. The lowest BCUT2D eigenvalue weighted by atomic mass is 9.89. The van der Waals surface area contributed by atoms with Crippen molar-refractivity contribution in [2.24, 2.45) is 0 Å². The van der Waals surface area contributed by atoms with Gasteiger partial charge < -0.3 is 14.8 Å². The highest BCUT2D eigenvalue weighted by Gasteiger charge is 2.32. The van der Waals surface area contributed by atoms with Crippen LogP contribution in [0.15, 0.2) is 43.0 Å². The number of amides is 1. The number of allylic oxidation sites excluding steroid dienone is 1. The van der Waals surface area contributed by atoms with Gasteiger partial charge in [-0.3, -0.25) is 4.79 Å². The Hall–Kier alpha value is -3.15. The molecular weight excluding hydrogens is 481 g/mol. The van der Waals surface area contributed by atoms with Gasteiger partial charge in [0.15, 0.2) is 0 Å². The third-order valence-corrected chi connectivity index (χ3v) is 6.56. The first-order chi connectivity index (χ1) is 18.0. The van der Waals surface area contributed by atoms with Crippen molar-refractivity contribution in [2.75, 3.05) is 6.61 Å². The molecule has 0 saturated heterocycles. The first-order valence-electron chi connectivity index (χ1n) is 13.7. The molecule has 3 rings (SSSR count). The minimum atomic E-state index is -0.928. The standard InChI is InChI=1S/C32H42FNO4/c1-7-9-10-11-12-23-17-21(3)13-16-25(23)24-18-26(22-14-15-22)30(33)27(19-24)28(20-29(35)37-8-2)34-31(36)38-32(4,5)6/h7,13,16-19,22,28H,1,8-12,14-15,20H2,2-6H3,(H,34,36)/t28-/m0/s1. The van der Waals surface area contributed by atoms with Crippen LogP contribution in [0.3, 0.4) is 0 Å². The maximum Gasteiger partial charge on any atom is 0.408 e. The van der Waals surface area contributed by atoms with E-state index in [4.69, 9.17) is 9.47 Å². The molecule has 38 heavy (non-hydrogen) atoms. The fourth-order valence-corrected chi connectivity index (χ4v) is 4.66. The second-order valence-electron chi connectivity index (χ2n) is 11.1. The third-order valence-electron chi connectivity index (χ3n) is 6.56. The van der Waals surface area contributed by atoms with Crippen LogP contribution >= 0.6 is 0 Å². The fraction of sp³-hybridized carbons (Fsp3) is 0.500. The largest absolute Gasteiger partial charge is 0.466 e. The molecule has 0 radical (unpaired) electrons. The molecule has 1 fully saturated rings. The minimum Gasteiger partial charge on any atom is -0.466 e. The van der Waals surface area contributed by atoms with Gasteiger partial charge in [-0.1, -0.05) is 29.8 Å². The molecule has 0 aliphatic heterocycles. The molecule has 0 aromatic heterocycles. The van der Waals surface area contributed by atoms with Gasteiger partial charge in [0.1, 0.15) is 11.4 Å². The average Bonchev–Trinajstić information content (AvgIpc) is 3.66. The van der Waals surface area contributed by atoms with Crippen molar-refractivity contribution in [1.82, 2.24) is 5.32 Å². The van der Waals surface area contributed by atoms with Crippen LogP contribution in [0, 0.1) is 12.7 Å². The number of rotatable bonds is 12. The number of hydrogen-bond donors (Lipinski definition) is 1. The number of carbonyl (C=O) groups excluding carboxylic acids is 2. The maximum absolute atomic E-state index is 16.0. The second kappa shape index (κ2) is 13.1. The van der Waals surface area contributed by atoms with Crippen LogP contribution in [0.2, 0.25) is 0 Å². The van der Waals surface area contributed by atoms with Gasteiger partial charge in [-0.15, -0.1) is 6.58 Å². The summed E-state index contributed by atoms with van der Waals surface area (Å²) in [6, 6.07) is 9.15. The van der Waals surface area contributed by atoms with Crippen molar-refractivity contribution < 1.29 is 23.5 Å². The summed E-state index contributed by atoms with van der Waals surface area (Å²) >= 11 is 0. The van der Waals surface area contributed by atoms with Crippen molar-refractivity contribution in [1.29, 1.82) is 0 Å². The molecule has 0 heterocycles. The number of carbonyl (C=O) groups is 2. The fourth-order valence-electron chi connectivity index (χ4n) is 4.66. The zero-order chi connectivity index (χ0) is 27.9. The Labute approximate surface area is 226 Å². The van der Waals surface area contributed by atoms with E-state index in [1.165, 1.54) is 11.1 Å². The number of unbranched alkanes of at least 4 members (excludes halogenated alkanes) is 2. The van der Waals surface area contributed by atoms with Crippen LogP contribution in [-0.4, -0.2) is 24.3 Å². The first-order valence-corrected chi connectivity index (χ1v) is 13.7. The smallest absolute Gasteiger partial charge is 0.408 e. The molecule has 2 aromatic rings. The Bertz CT molecular complexity index is 1150. The van der Waals surface area contributed by atoms with Crippen LogP contribution in [0.25, 0.3) is 11.1 Å². The predicted molar refractivity (Wildman–Crippen MR) is 150 cm³/mol. The van der Waals surface area contributed by atoms with E-state index in [-0.39, 0.29) is 30.3 Å². The van der Waals surface area contributed by atoms with Crippen molar-refractivity contribution in [3.8, 4) is 11.1 Å². The van der Waals surface area contributed by atoms with E-state index in [9.17, 15) is 9.59 Å². The second-order valence-corrected chi connectivity index (χ2v) is 11.1. The quantitative estimate of drug-likeness (QED) is 0.173. The van der Waals surface area contributed by atoms with Crippen LogP contribution < -0.4 is 5.32 Å². The molecule has 1 amide bonds. The summed E-state index contributed by atoms with van der Waals surface area (Å²) in [4.78, 5) is 25.2. The van der Waals surface area contributed by atoms with Gasteiger partial charge in [-0.2, -0.15) is 0 Å². The van der Waals surface area contributed by atoms with Crippen LogP contribution in [0.5, 0.6) is 0 Å². The highest BCUT2D eigenvalue weighted by Crippen LogP contribution is 2.45. The topological polar surface area (TPSA) is 64.6 Å². The van der Waals surface area contributed by atoms with Gasteiger partial charge in [0.25, 0.3) is 0 Å². The summed E-state index contributed by atoms with van der Waals surface area (Å²) in [5.74, 6) is -0.745. The molecule has 1 N–H and O–H groups in total. The van der Waals surface area contributed by atoms with E-state index in [1.807, 2.05) is 12.1 Å². The molecule has 1 aliphatic carbocycles. The number of hydrogen-bond acceptors (Lipinski definition) is 4. The molecule has 0 unspecified atom stereocenters. The SMILES string of the molecule is C=CCCCCc1cc(C)ccc1-c1cc(C2CC2)c(F)c([C@H](CC(=O)OCC)NC(=O)OC(C)(C)C)c1. The Morgan fingerprint density at radius 3 is 2.55 bits per heavy atom. The number of esters is 1. The molecular formula is C32H42FNO4. The summed E-state index contributed by atoms with van der Waals surface area (Å²) < 4.78 is 26.6. The van der Waals surface area contributed by atoms with E-state index in [1.54, 1.807) is 33.8 Å². The summed E-state index contributed by atoms with van der Waals surface area (Å²) in [5, 5.41) is 2.75. The van der Waals surface area contributed by atoms with Gasteiger partial charge in [0.05, 0.1) is 19.1 Å². The summed E-state index contributed by atoms with van der Waals surface area (Å²) in [6.45, 7) is 13.1. The zero-order valence-electron chi connectivity index (χ0n) is 23.5. The normalized spacial score (nSPS) is 14.1. The highest BCUT2D eigenvalue weighted by atomic mass is 19.1. The molecule has 2 aromatic carbocycles. The van der Waals surface area contributed by atoms with Gasteiger partial charge >= 0.3 is 12.1 Å². The van der Waals surface area contributed by atoms with Gasteiger partial charge in [-0.05, 0) is 113 Å². The van der Waals surface area contributed by atoms with E-state index in [0.717, 1.165) is 49.7 Å². The van der Waals surface area contributed by atoms with Crippen LogP contribution in [-0.2, 0) is 20.7 Å². The Morgan fingerprint density at radius 1 is 1.18 bits per heavy atom. The molecule has 0 bridgehead atoms. The lowest BCUT2D eigenvalue weighted by Gasteiger charge is -2.25. The molecule has 6 heteroatoms. The van der Waals surface area contributed by atoms with Crippen molar-refractivity contribution in [3.05, 3.63) is 71.1 Å². The van der Waals surface area contributed by atoms with Gasteiger partial charge in [0, 0.05) is 5.56 Å². The molecule has 5 nitrogen and oxygen atoms in total. The Kier molecular flexibility index (Phi) is 10.1. The van der Waals surface area contributed by atoms with E-state index < -0.39 is 23.7 Å². The zero-order valence-corrected chi connectivity index (χ0v) is 23.5. The number of benzene rings is 2. The molecule has 1 saturated carbocycles. The lowest BCUT2D eigenvalue weighted by molar-refractivity contribution is -0.143. The average molecular weight is 524 g/mol. The van der Waals surface area contributed by atoms with E-state index >= 15 is 4.39 Å². The molecule has 1 atom stereocenters. The lowest BCUT2D eigenvalue weighted by Crippen LogP contribution is -2.36. The van der Waals surface area contributed by atoms with Crippen LogP contribution in [0.4, 0.5) is 9.18 Å². The highest BCUT2D eigenvalue weighted by molar-refractivity contribution is 5.75. The number of halogens is 1. The number of alkyl carbamates (subject to hydrolysis) is 1. The van der Waals surface area contributed by atoms with Gasteiger partial charge in [0.2, 0.25) is 0 Å². The van der Waals surface area contributed by atoms with Crippen LogP contribution in [0.1, 0.15) is 100 Å².